The molecule has 252 valence electrons. The van der Waals surface area contributed by atoms with Crippen LogP contribution in [0.5, 0.6) is 11.9 Å². The van der Waals surface area contributed by atoms with Crippen molar-refractivity contribution in [2.75, 3.05) is 37.4 Å². The standard InChI is InChI=1S/C32H33F4N9O3/c1-14-8-21-20(10-39-43-21)22(24(14)32(34,35)36)26-25(33)27-23-29(42-31(41-27)48-13-17-9-18(46)11-44(17)4)45(15(2)12-47-30(23)40-26)16(3)19-6-5-7-38-28(19)37/h5-8,10,15-18,46H,9,11-13H2,1-4H3,(H2,37,38)(H,39,43)/t15-,16+,17-,18+/m0/s1. The number of aliphatic hydroxyl groups is 1. The number of nitrogen functional groups attached to an aromatic ring is 1. The minimum absolute atomic E-state index is 0.0239. The lowest BCUT2D eigenvalue weighted by Crippen LogP contribution is -2.39. The number of hydrogen-bond donors (Lipinski definition) is 3. The molecule has 4 atom stereocenters. The fourth-order valence-electron chi connectivity index (χ4n) is 6.86. The Kier molecular flexibility index (Phi) is 7.74. The summed E-state index contributed by atoms with van der Waals surface area (Å²) in [5.41, 5.74) is 4.61. The highest BCUT2D eigenvalue weighted by Gasteiger charge is 2.40. The maximum Gasteiger partial charge on any atom is 0.417 e. The van der Waals surface area contributed by atoms with E-state index < -0.39 is 47.0 Å². The number of β-amino-alcohol motifs (C(OH)–C–C–N with tert-alkyl or cyclic N) is 1. The number of benzene rings is 1. The summed E-state index contributed by atoms with van der Waals surface area (Å²) in [6.07, 6.45) is -2.15. The van der Waals surface area contributed by atoms with Crippen LogP contribution >= 0.6 is 0 Å². The summed E-state index contributed by atoms with van der Waals surface area (Å²) in [6, 6.07) is 3.63. The molecule has 6 heterocycles. The lowest BCUT2D eigenvalue weighted by Gasteiger charge is -2.35. The van der Waals surface area contributed by atoms with Gasteiger partial charge in [-0.15, -0.1) is 0 Å². The molecule has 0 radical (unpaired) electrons. The van der Waals surface area contributed by atoms with Gasteiger partial charge in [0.15, 0.2) is 5.82 Å². The van der Waals surface area contributed by atoms with Gasteiger partial charge in [-0.1, -0.05) is 6.07 Å². The summed E-state index contributed by atoms with van der Waals surface area (Å²) in [6.45, 7) is 5.61. The van der Waals surface area contributed by atoms with Gasteiger partial charge in [-0.25, -0.2) is 14.4 Å². The number of fused-ring (bicyclic) bond motifs is 1. The van der Waals surface area contributed by atoms with Gasteiger partial charge in [0.05, 0.1) is 35.5 Å². The number of halogens is 4. The van der Waals surface area contributed by atoms with E-state index in [1.165, 1.54) is 19.2 Å². The minimum atomic E-state index is -4.85. The molecule has 4 aromatic heterocycles. The molecule has 1 fully saturated rings. The van der Waals surface area contributed by atoms with Gasteiger partial charge in [0.25, 0.3) is 0 Å². The molecule has 0 saturated carbocycles. The number of anilines is 2. The molecule has 5 aromatic rings. The number of nitrogens with one attached hydrogen (secondary N) is 1. The Morgan fingerprint density at radius 1 is 1.25 bits per heavy atom. The first-order valence-electron chi connectivity index (χ1n) is 15.4. The Hall–Kier alpha value is -4.83. The van der Waals surface area contributed by atoms with Gasteiger partial charge in [-0.05, 0) is 51.9 Å². The molecule has 16 heteroatoms. The molecule has 0 amide bonds. The van der Waals surface area contributed by atoms with Crippen molar-refractivity contribution in [1.82, 2.24) is 35.0 Å². The van der Waals surface area contributed by atoms with Gasteiger partial charge < -0.3 is 25.2 Å². The monoisotopic (exact) mass is 667 g/mol. The molecule has 2 aliphatic heterocycles. The number of hydrogen-bond acceptors (Lipinski definition) is 11. The number of aliphatic hydroxyl groups excluding tert-OH is 1. The van der Waals surface area contributed by atoms with E-state index in [1.807, 2.05) is 36.8 Å². The van der Waals surface area contributed by atoms with Gasteiger partial charge >= 0.3 is 12.2 Å². The first-order chi connectivity index (χ1) is 22.8. The molecule has 2 aliphatic rings. The van der Waals surface area contributed by atoms with Crippen LogP contribution in [0.1, 0.15) is 43.0 Å². The predicted octanol–water partition coefficient (Wildman–Crippen LogP) is 4.80. The Morgan fingerprint density at radius 3 is 2.75 bits per heavy atom. The van der Waals surface area contributed by atoms with E-state index in [0.29, 0.717) is 18.5 Å². The highest BCUT2D eigenvalue weighted by molar-refractivity contribution is 6.02. The number of nitrogens with zero attached hydrogens (tertiary/aromatic N) is 7. The van der Waals surface area contributed by atoms with Crippen LogP contribution in [0.4, 0.5) is 29.2 Å². The molecule has 12 nitrogen and oxygen atoms in total. The second kappa shape index (κ2) is 11.7. The van der Waals surface area contributed by atoms with Gasteiger partial charge in [-0.2, -0.15) is 28.2 Å². The van der Waals surface area contributed by atoms with Crippen LogP contribution in [0.2, 0.25) is 0 Å². The van der Waals surface area contributed by atoms with E-state index in [-0.39, 0.29) is 70.2 Å². The number of pyridine rings is 2. The van der Waals surface area contributed by atoms with Crippen molar-refractivity contribution in [3.63, 3.8) is 0 Å². The van der Waals surface area contributed by atoms with Crippen LogP contribution in [-0.2, 0) is 6.18 Å². The highest BCUT2D eigenvalue weighted by atomic mass is 19.4. The summed E-state index contributed by atoms with van der Waals surface area (Å²) < 4.78 is 73.2. The van der Waals surface area contributed by atoms with Crippen molar-refractivity contribution >= 4 is 33.4 Å². The van der Waals surface area contributed by atoms with E-state index in [9.17, 15) is 18.3 Å². The summed E-state index contributed by atoms with van der Waals surface area (Å²) >= 11 is 0. The number of aromatic amines is 1. The van der Waals surface area contributed by atoms with Crippen molar-refractivity contribution in [2.45, 2.75) is 57.6 Å². The number of aryl methyl sites for hydroxylation is 1. The lowest BCUT2D eigenvalue weighted by atomic mass is 9.94. The molecular weight excluding hydrogens is 634 g/mol. The molecule has 0 spiro atoms. The van der Waals surface area contributed by atoms with Crippen LogP contribution in [-0.4, -0.2) is 85.1 Å². The third kappa shape index (κ3) is 5.28. The van der Waals surface area contributed by atoms with Crippen LogP contribution in [0, 0.1) is 12.7 Å². The second-order valence-electron chi connectivity index (χ2n) is 12.4. The molecule has 4 N–H and O–H groups in total. The molecule has 0 bridgehead atoms. The quantitative estimate of drug-likeness (QED) is 0.214. The summed E-state index contributed by atoms with van der Waals surface area (Å²) in [4.78, 5) is 21.6. The number of rotatable bonds is 6. The summed E-state index contributed by atoms with van der Waals surface area (Å²) in [5.74, 6) is -0.748. The molecule has 0 aliphatic carbocycles. The third-order valence-corrected chi connectivity index (χ3v) is 9.17. The number of H-pyrrole nitrogens is 1. The van der Waals surface area contributed by atoms with Crippen molar-refractivity contribution in [3.8, 4) is 23.1 Å². The van der Waals surface area contributed by atoms with Crippen molar-refractivity contribution in [2.24, 2.45) is 0 Å². The van der Waals surface area contributed by atoms with E-state index in [1.54, 1.807) is 12.3 Å². The fourth-order valence-corrected chi connectivity index (χ4v) is 6.86. The zero-order valence-electron chi connectivity index (χ0n) is 26.5. The number of likely N-dealkylation sites (tertiary alicyclic amines) is 1. The first kappa shape index (κ1) is 31.8. The molecule has 1 saturated heterocycles. The SMILES string of the molecule is Cc1cc2[nH]ncc2c(-c2nc3c4c(nc(OC[C@@H]5C[C@@H](O)CN5C)nc4c2F)N([C@H](C)c2cccnc2N)[C@@H](C)CO3)c1C(F)(F)F. The zero-order chi connectivity index (χ0) is 34.1. The molecule has 0 unspecified atom stereocenters. The van der Waals surface area contributed by atoms with Crippen molar-refractivity contribution in [3.05, 3.63) is 53.1 Å². The lowest BCUT2D eigenvalue weighted by molar-refractivity contribution is -0.137. The average Bonchev–Trinajstić information content (AvgIpc) is 3.59. The molecule has 48 heavy (non-hydrogen) atoms. The molecule has 7 rings (SSSR count). The van der Waals surface area contributed by atoms with Crippen LogP contribution < -0.4 is 20.1 Å². The average molecular weight is 668 g/mol. The number of aromatic nitrogens is 6. The second-order valence-corrected chi connectivity index (χ2v) is 12.4. The van der Waals surface area contributed by atoms with Crippen molar-refractivity contribution < 1.29 is 32.1 Å². The summed E-state index contributed by atoms with van der Waals surface area (Å²) in [5, 5.41) is 16.8. The minimum Gasteiger partial charge on any atom is -0.475 e. The van der Waals surface area contributed by atoms with E-state index in [2.05, 4.69) is 25.1 Å². The van der Waals surface area contributed by atoms with E-state index >= 15 is 4.39 Å². The van der Waals surface area contributed by atoms with Crippen LogP contribution in [0.25, 0.3) is 33.1 Å². The summed E-state index contributed by atoms with van der Waals surface area (Å²) in [7, 11) is 1.85. The number of ether oxygens (including phenoxy) is 2. The Balaban J connectivity index is 1.48. The molecular formula is C32H33F4N9O3. The van der Waals surface area contributed by atoms with Crippen LogP contribution in [0.15, 0.2) is 30.6 Å². The van der Waals surface area contributed by atoms with Gasteiger partial charge in [0.1, 0.15) is 41.4 Å². The predicted molar refractivity (Wildman–Crippen MR) is 169 cm³/mol. The van der Waals surface area contributed by atoms with Crippen LogP contribution in [0.3, 0.4) is 0 Å². The highest BCUT2D eigenvalue weighted by Crippen LogP contribution is 2.47. The normalized spacial score (nSPS) is 20.7. The van der Waals surface area contributed by atoms with Gasteiger partial charge in [-0.3, -0.25) is 10.00 Å². The maximum atomic E-state index is 17.0. The van der Waals surface area contributed by atoms with Crippen molar-refractivity contribution in [1.29, 1.82) is 0 Å². The Bertz CT molecular complexity index is 2040. The largest absolute Gasteiger partial charge is 0.475 e. The fraction of sp³-hybridized carbons (Fsp3) is 0.406. The number of alkyl halides is 3. The smallest absolute Gasteiger partial charge is 0.417 e. The Morgan fingerprint density at radius 2 is 2.04 bits per heavy atom. The van der Waals surface area contributed by atoms with Gasteiger partial charge in [0, 0.05) is 35.3 Å². The molecule has 1 aromatic carbocycles. The Labute approximate surface area is 271 Å². The number of likely N-dealkylation sites (N-methyl/N-ethyl adjacent to an activating group) is 1. The topological polar surface area (TPSA) is 151 Å². The zero-order valence-corrected chi connectivity index (χ0v) is 26.5. The third-order valence-electron chi connectivity index (χ3n) is 9.17. The van der Waals surface area contributed by atoms with E-state index in [4.69, 9.17) is 20.2 Å². The first-order valence-corrected chi connectivity index (χ1v) is 15.4. The van der Waals surface area contributed by atoms with Gasteiger partial charge in [0.2, 0.25) is 5.88 Å². The van der Waals surface area contributed by atoms with E-state index in [0.717, 1.165) is 0 Å². The number of nitrogens with two attached hydrogens (primary N) is 1. The maximum absolute atomic E-state index is 17.0.